The van der Waals surface area contributed by atoms with E-state index in [4.69, 9.17) is 4.74 Å². The molecule has 0 saturated carbocycles. The molecule has 0 amide bonds. The second-order valence-electron chi connectivity index (χ2n) is 2.42. The van der Waals surface area contributed by atoms with Gasteiger partial charge in [-0.3, -0.25) is 5.10 Å². The fourth-order valence-electron chi connectivity index (χ4n) is 0.944. The Labute approximate surface area is 65.2 Å². The number of nitrogens with one attached hydrogen (secondary N) is 1. The average Bonchev–Trinajstić information content (AvgIpc) is 2.36. The topological polar surface area (TPSA) is 58.1 Å². The van der Waals surface area contributed by atoms with Crippen molar-refractivity contribution in [2.75, 3.05) is 13.7 Å². The van der Waals surface area contributed by atoms with Gasteiger partial charge in [-0.05, 0) is 6.92 Å². The van der Waals surface area contributed by atoms with E-state index >= 15 is 0 Å². The minimum atomic E-state index is -0.571. The number of H-pyrrole nitrogens is 1. The monoisotopic (exact) mass is 156 g/mol. The van der Waals surface area contributed by atoms with Gasteiger partial charge in [0.25, 0.3) is 0 Å². The largest absolute Gasteiger partial charge is 0.386 e. The Balaban J connectivity index is 2.67. The van der Waals surface area contributed by atoms with Crippen molar-refractivity contribution in [3.63, 3.8) is 0 Å². The highest BCUT2D eigenvalue weighted by Crippen LogP contribution is 2.14. The van der Waals surface area contributed by atoms with E-state index in [1.54, 1.807) is 13.3 Å². The van der Waals surface area contributed by atoms with Crippen LogP contribution < -0.4 is 0 Å². The zero-order chi connectivity index (χ0) is 8.27. The van der Waals surface area contributed by atoms with Crippen LogP contribution in [-0.2, 0) is 4.74 Å². The molecule has 1 aromatic heterocycles. The van der Waals surface area contributed by atoms with Gasteiger partial charge in [-0.15, -0.1) is 0 Å². The number of ether oxygens (including phenoxy) is 1. The maximum absolute atomic E-state index is 9.41. The number of hydrogen-bond donors (Lipinski definition) is 2. The Kier molecular flexibility index (Phi) is 2.62. The molecule has 1 unspecified atom stereocenters. The van der Waals surface area contributed by atoms with Crippen molar-refractivity contribution in [1.29, 1.82) is 0 Å². The van der Waals surface area contributed by atoms with Crippen molar-refractivity contribution in [2.45, 2.75) is 13.0 Å². The standard InChI is InChI=1S/C7H12N2O2/c1-5-6(3-8-9-5)7(10)4-11-2/h3,7,10H,4H2,1-2H3,(H,8,9). The van der Waals surface area contributed by atoms with Crippen LogP contribution in [0.15, 0.2) is 6.20 Å². The summed E-state index contributed by atoms with van der Waals surface area (Å²) in [6.07, 6.45) is 1.04. The van der Waals surface area contributed by atoms with E-state index < -0.39 is 6.10 Å². The normalized spacial score (nSPS) is 13.4. The molecule has 0 saturated heterocycles. The zero-order valence-corrected chi connectivity index (χ0v) is 6.66. The van der Waals surface area contributed by atoms with E-state index in [2.05, 4.69) is 10.2 Å². The summed E-state index contributed by atoms with van der Waals surface area (Å²) in [5.41, 5.74) is 1.68. The number of hydrogen-bond acceptors (Lipinski definition) is 3. The van der Waals surface area contributed by atoms with E-state index in [1.807, 2.05) is 6.92 Å². The molecule has 0 aliphatic rings. The molecule has 0 aromatic carbocycles. The summed E-state index contributed by atoms with van der Waals surface area (Å²) in [4.78, 5) is 0. The molecule has 4 heteroatoms. The number of aromatic amines is 1. The summed E-state index contributed by atoms with van der Waals surface area (Å²) in [5, 5.41) is 15.9. The first-order chi connectivity index (χ1) is 5.25. The Morgan fingerprint density at radius 3 is 3.00 bits per heavy atom. The van der Waals surface area contributed by atoms with Crippen LogP contribution in [0.25, 0.3) is 0 Å². The molecule has 4 nitrogen and oxygen atoms in total. The maximum atomic E-state index is 9.41. The lowest BCUT2D eigenvalue weighted by atomic mass is 10.1. The van der Waals surface area contributed by atoms with Gasteiger partial charge in [-0.2, -0.15) is 5.10 Å². The Bertz CT molecular complexity index is 222. The molecular formula is C7H12N2O2. The highest BCUT2D eigenvalue weighted by atomic mass is 16.5. The quantitative estimate of drug-likeness (QED) is 0.666. The van der Waals surface area contributed by atoms with E-state index in [9.17, 15) is 5.11 Å². The lowest BCUT2D eigenvalue weighted by Crippen LogP contribution is -2.05. The summed E-state index contributed by atoms with van der Waals surface area (Å²) in [6, 6.07) is 0. The first kappa shape index (κ1) is 8.23. The van der Waals surface area contributed by atoms with Crippen LogP contribution >= 0.6 is 0 Å². The Morgan fingerprint density at radius 1 is 1.82 bits per heavy atom. The molecule has 0 aliphatic carbocycles. The van der Waals surface area contributed by atoms with E-state index in [0.29, 0.717) is 6.61 Å². The summed E-state index contributed by atoms with van der Waals surface area (Å²) < 4.78 is 4.79. The van der Waals surface area contributed by atoms with Crippen molar-refractivity contribution in [3.8, 4) is 0 Å². The smallest absolute Gasteiger partial charge is 0.106 e. The number of aromatic nitrogens is 2. The van der Waals surface area contributed by atoms with Gasteiger partial charge in [0.1, 0.15) is 6.10 Å². The Hall–Kier alpha value is -0.870. The molecule has 0 fully saturated rings. The molecular weight excluding hydrogens is 144 g/mol. The van der Waals surface area contributed by atoms with Crippen LogP contribution in [0.4, 0.5) is 0 Å². The first-order valence-corrected chi connectivity index (χ1v) is 3.42. The fraction of sp³-hybridized carbons (Fsp3) is 0.571. The van der Waals surface area contributed by atoms with Gasteiger partial charge in [0.2, 0.25) is 0 Å². The van der Waals surface area contributed by atoms with Crippen LogP contribution in [0.3, 0.4) is 0 Å². The molecule has 62 valence electrons. The van der Waals surface area contributed by atoms with Gasteiger partial charge in [0, 0.05) is 18.4 Å². The lowest BCUT2D eigenvalue weighted by Gasteiger charge is -2.06. The average molecular weight is 156 g/mol. The molecule has 0 bridgehead atoms. The van der Waals surface area contributed by atoms with Gasteiger partial charge in [0.15, 0.2) is 0 Å². The van der Waals surface area contributed by atoms with Crippen LogP contribution in [0.1, 0.15) is 17.4 Å². The van der Waals surface area contributed by atoms with Crippen molar-refractivity contribution in [3.05, 3.63) is 17.5 Å². The summed E-state index contributed by atoms with van der Waals surface area (Å²) in [6.45, 7) is 2.17. The third-order valence-electron chi connectivity index (χ3n) is 1.55. The predicted octanol–water partition coefficient (Wildman–Crippen LogP) is 0.398. The van der Waals surface area contributed by atoms with Gasteiger partial charge < -0.3 is 9.84 Å². The van der Waals surface area contributed by atoms with Crippen LogP contribution in [0.2, 0.25) is 0 Å². The number of nitrogens with zero attached hydrogens (tertiary/aromatic N) is 1. The number of rotatable bonds is 3. The zero-order valence-electron chi connectivity index (χ0n) is 6.66. The van der Waals surface area contributed by atoms with E-state index in [0.717, 1.165) is 11.3 Å². The van der Waals surface area contributed by atoms with Crippen molar-refractivity contribution in [2.24, 2.45) is 0 Å². The molecule has 0 spiro atoms. The molecule has 0 radical (unpaired) electrons. The van der Waals surface area contributed by atoms with E-state index in [-0.39, 0.29) is 0 Å². The molecule has 1 aromatic rings. The molecule has 0 aliphatic heterocycles. The second-order valence-corrected chi connectivity index (χ2v) is 2.42. The molecule has 2 N–H and O–H groups in total. The molecule has 1 atom stereocenters. The summed E-state index contributed by atoms with van der Waals surface area (Å²) in [5.74, 6) is 0. The van der Waals surface area contributed by atoms with Gasteiger partial charge >= 0.3 is 0 Å². The van der Waals surface area contributed by atoms with E-state index in [1.165, 1.54) is 0 Å². The molecule has 11 heavy (non-hydrogen) atoms. The highest BCUT2D eigenvalue weighted by Gasteiger charge is 2.10. The minimum Gasteiger partial charge on any atom is -0.386 e. The lowest BCUT2D eigenvalue weighted by molar-refractivity contribution is 0.0640. The predicted molar refractivity (Wildman–Crippen MR) is 40.2 cm³/mol. The second kappa shape index (κ2) is 3.50. The SMILES string of the molecule is COCC(O)c1cn[nH]c1C. The van der Waals surface area contributed by atoms with Gasteiger partial charge in [-0.1, -0.05) is 0 Å². The number of aliphatic hydroxyl groups is 1. The van der Waals surface area contributed by atoms with Crippen LogP contribution in [-0.4, -0.2) is 29.0 Å². The first-order valence-electron chi connectivity index (χ1n) is 3.42. The highest BCUT2D eigenvalue weighted by molar-refractivity contribution is 5.17. The van der Waals surface area contributed by atoms with Crippen LogP contribution in [0.5, 0.6) is 0 Å². The van der Waals surface area contributed by atoms with Gasteiger partial charge in [-0.25, -0.2) is 0 Å². The molecule has 1 rings (SSSR count). The third kappa shape index (κ3) is 1.78. The Morgan fingerprint density at radius 2 is 2.55 bits per heavy atom. The summed E-state index contributed by atoms with van der Waals surface area (Å²) in [7, 11) is 1.55. The number of aliphatic hydroxyl groups excluding tert-OH is 1. The fourth-order valence-corrected chi connectivity index (χ4v) is 0.944. The maximum Gasteiger partial charge on any atom is 0.106 e. The van der Waals surface area contributed by atoms with Crippen molar-refractivity contribution in [1.82, 2.24) is 10.2 Å². The minimum absolute atomic E-state index is 0.306. The third-order valence-corrected chi connectivity index (χ3v) is 1.55. The van der Waals surface area contributed by atoms with Gasteiger partial charge in [0.05, 0.1) is 12.8 Å². The summed E-state index contributed by atoms with van der Waals surface area (Å²) >= 11 is 0. The van der Waals surface area contributed by atoms with Crippen LogP contribution in [0, 0.1) is 6.92 Å². The number of methoxy groups -OCH3 is 1. The van der Waals surface area contributed by atoms with Crippen molar-refractivity contribution < 1.29 is 9.84 Å². The number of aryl methyl sites for hydroxylation is 1. The van der Waals surface area contributed by atoms with Crippen molar-refractivity contribution >= 4 is 0 Å². The molecule has 1 heterocycles.